The van der Waals surface area contributed by atoms with Crippen molar-refractivity contribution in [3.05, 3.63) is 23.8 Å². The first-order valence-corrected chi connectivity index (χ1v) is 7.97. The van der Waals surface area contributed by atoms with Gasteiger partial charge in [-0.05, 0) is 45.4 Å². The van der Waals surface area contributed by atoms with Gasteiger partial charge < -0.3 is 5.32 Å². The summed E-state index contributed by atoms with van der Waals surface area (Å²) in [6, 6.07) is 5.20. The van der Waals surface area contributed by atoms with Crippen molar-refractivity contribution in [1.29, 1.82) is 0 Å². The Morgan fingerprint density at radius 1 is 1.11 bits per heavy atom. The van der Waals surface area contributed by atoms with Crippen LogP contribution in [0.2, 0.25) is 0 Å². The van der Waals surface area contributed by atoms with Crippen molar-refractivity contribution in [3.8, 4) is 0 Å². The number of sulfonamides is 1. The van der Waals surface area contributed by atoms with Crippen LogP contribution in [-0.2, 0) is 10.0 Å². The first-order valence-electron chi connectivity index (χ1n) is 6.49. The Kier molecular flexibility index (Phi) is 6.52. The second kappa shape index (κ2) is 6.91. The third-order valence-corrected chi connectivity index (χ3v) is 4.19. The standard InChI is InChI=1S/C12H20N2O2S.C2H6/c1-9-10(13-5)7-6-8-11(9)17(15,16)14-12(2,3)4;1-2/h6-8,13-14H,1-5H3;1-2H3. The molecule has 0 amide bonds. The summed E-state index contributed by atoms with van der Waals surface area (Å²) in [5.41, 5.74) is 1.06. The molecule has 0 radical (unpaired) electrons. The number of anilines is 1. The molecule has 5 heteroatoms. The van der Waals surface area contributed by atoms with Crippen molar-refractivity contribution in [2.24, 2.45) is 0 Å². The molecule has 0 aliphatic rings. The molecule has 0 saturated carbocycles. The highest BCUT2D eigenvalue weighted by molar-refractivity contribution is 7.89. The summed E-state index contributed by atoms with van der Waals surface area (Å²) in [5.74, 6) is 0. The third-order valence-electron chi connectivity index (χ3n) is 2.28. The van der Waals surface area contributed by atoms with Crippen LogP contribution in [0, 0.1) is 6.92 Å². The van der Waals surface area contributed by atoms with Crippen LogP contribution in [0.15, 0.2) is 23.1 Å². The van der Waals surface area contributed by atoms with Gasteiger partial charge in [-0.15, -0.1) is 0 Å². The number of rotatable bonds is 3. The van der Waals surface area contributed by atoms with E-state index in [0.717, 1.165) is 11.3 Å². The zero-order valence-corrected chi connectivity index (χ0v) is 13.8. The minimum Gasteiger partial charge on any atom is -0.388 e. The molecule has 110 valence electrons. The Hall–Kier alpha value is -1.07. The minimum atomic E-state index is -3.47. The van der Waals surface area contributed by atoms with Crippen LogP contribution < -0.4 is 10.0 Å². The Bertz CT molecular complexity index is 503. The molecule has 4 nitrogen and oxygen atoms in total. The molecular formula is C14H26N2O2S. The van der Waals surface area contributed by atoms with E-state index >= 15 is 0 Å². The van der Waals surface area contributed by atoms with Gasteiger partial charge in [-0.2, -0.15) is 0 Å². The van der Waals surface area contributed by atoms with Gasteiger partial charge in [0.2, 0.25) is 10.0 Å². The Labute approximate surface area is 117 Å². The molecule has 0 unspecified atom stereocenters. The number of hydrogen-bond donors (Lipinski definition) is 2. The molecule has 0 saturated heterocycles. The summed E-state index contributed by atoms with van der Waals surface area (Å²) in [4.78, 5) is 0.319. The zero-order valence-electron chi connectivity index (χ0n) is 13.0. The van der Waals surface area contributed by atoms with Crippen LogP contribution in [0.4, 0.5) is 5.69 Å². The van der Waals surface area contributed by atoms with Crippen LogP contribution in [0.1, 0.15) is 40.2 Å². The molecule has 19 heavy (non-hydrogen) atoms. The molecule has 0 spiro atoms. The number of benzene rings is 1. The normalized spacial score (nSPS) is 11.5. The summed E-state index contributed by atoms with van der Waals surface area (Å²) < 4.78 is 27.0. The van der Waals surface area contributed by atoms with E-state index in [1.54, 1.807) is 26.1 Å². The van der Waals surface area contributed by atoms with E-state index in [0.29, 0.717) is 4.90 Å². The molecule has 1 aromatic rings. The highest BCUT2D eigenvalue weighted by Gasteiger charge is 2.24. The fourth-order valence-electron chi connectivity index (χ4n) is 1.63. The van der Waals surface area contributed by atoms with Crippen molar-refractivity contribution in [3.63, 3.8) is 0 Å². The van der Waals surface area contributed by atoms with Gasteiger partial charge in [0.05, 0.1) is 4.90 Å². The minimum absolute atomic E-state index is 0.319. The van der Waals surface area contributed by atoms with Gasteiger partial charge in [0.1, 0.15) is 0 Å². The van der Waals surface area contributed by atoms with E-state index in [2.05, 4.69) is 10.0 Å². The van der Waals surface area contributed by atoms with Gasteiger partial charge in [0, 0.05) is 18.3 Å². The second-order valence-corrected chi connectivity index (χ2v) is 6.69. The fraction of sp³-hybridized carbons (Fsp3) is 0.571. The maximum Gasteiger partial charge on any atom is 0.241 e. The van der Waals surface area contributed by atoms with Crippen LogP contribution >= 0.6 is 0 Å². The lowest BCUT2D eigenvalue weighted by Gasteiger charge is -2.21. The summed E-state index contributed by atoms with van der Waals surface area (Å²) >= 11 is 0. The molecule has 1 rings (SSSR count). The third kappa shape index (κ3) is 5.20. The Morgan fingerprint density at radius 3 is 2.05 bits per heavy atom. The van der Waals surface area contributed by atoms with Gasteiger partial charge >= 0.3 is 0 Å². The average molecular weight is 286 g/mol. The molecule has 0 aliphatic heterocycles. The quantitative estimate of drug-likeness (QED) is 0.897. The molecule has 0 aliphatic carbocycles. The Morgan fingerprint density at radius 2 is 1.63 bits per heavy atom. The van der Waals surface area contributed by atoms with Gasteiger partial charge in [0.15, 0.2) is 0 Å². The lowest BCUT2D eigenvalue weighted by atomic mass is 10.1. The van der Waals surface area contributed by atoms with Crippen LogP contribution in [0.25, 0.3) is 0 Å². The van der Waals surface area contributed by atoms with Gasteiger partial charge in [0.25, 0.3) is 0 Å². The topological polar surface area (TPSA) is 58.2 Å². The highest BCUT2D eigenvalue weighted by atomic mass is 32.2. The monoisotopic (exact) mass is 286 g/mol. The summed E-state index contributed by atoms with van der Waals surface area (Å²) in [5, 5.41) is 2.98. The first-order chi connectivity index (χ1) is 8.67. The predicted molar refractivity (Wildman–Crippen MR) is 82.1 cm³/mol. The molecule has 0 atom stereocenters. The van der Waals surface area contributed by atoms with E-state index in [9.17, 15) is 8.42 Å². The molecule has 0 fully saturated rings. The van der Waals surface area contributed by atoms with E-state index in [1.165, 1.54) is 0 Å². The molecule has 2 N–H and O–H groups in total. The summed E-state index contributed by atoms with van der Waals surface area (Å²) in [7, 11) is -1.70. The first kappa shape index (κ1) is 17.9. The molecule has 0 bridgehead atoms. The van der Waals surface area contributed by atoms with Crippen molar-refractivity contribution >= 4 is 15.7 Å². The van der Waals surface area contributed by atoms with Gasteiger partial charge in [-0.25, -0.2) is 13.1 Å². The van der Waals surface area contributed by atoms with E-state index in [4.69, 9.17) is 0 Å². The van der Waals surface area contributed by atoms with Crippen molar-refractivity contribution in [1.82, 2.24) is 4.72 Å². The number of nitrogens with one attached hydrogen (secondary N) is 2. The van der Waals surface area contributed by atoms with E-state index in [-0.39, 0.29) is 0 Å². The maximum atomic E-state index is 12.2. The van der Waals surface area contributed by atoms with Crippen LogP contribution in [0.3, 0.4) is 0 Å². The van der Waals surface area contributed by atoms with Gasteiger partial charge in [-0.3, -0.25) is 0 Å². The molecule has 0 heterocycles. The lowest BCUT2D eigenvalue weighted by Crippen LogP contribution is -2.40. The SMILES string of the molecule is CC.CNc1cccc(S(=O)(=O)NC(C)(C)C)c1C. The smallest absolute Gasteiger partial charge is 0.241 e. The molecule has 0 aromatic heterocycles. The second-order valence-electron chi connectivity index (χ2n) is 5.03. The highest BCUT2D eigenvalue weighted by Crippen LogP contribution is 2.23. The van der Waals surface area contributed by atoms with Crippen molar-refractivity contribution < 1.29 is 8.42 Å². The molecular weight excluding hydrogens is 260 g/mol. The van der Waals surface area contributed by atoms with Crippen LogP contribution in [0.5, 0.6) is 0 Å². The van der Waals surface area contributed by atoms with Crippen molar-refractivity contribution in [2.75, 3.05) is 12.4 Å². The predicted octanol–water partition coefficient (Wildman–Crippen LogP) is 3.14. The average Bonchev–Trinajstić information content (AvgIpc) is 2.28. The van der Waals surface area contributed by atoms with Gasteiger partial charge in [-0.1, -0.05) is 19.9 Å². The van der Waals surface area contributed by atoms with E-state index < -0.39 is 15.6 Å². The van der Waals surface area contributed by atoms with Crippen molar-refractivity contribution in [2.45, 2.75) is 52.0 Å². The lowest BCUT2D eigenvalue weighted by molar-refractivity contribution is 0.491. The summed E-state index contributed by atoms with van der Waals surface area (Å²) in [6.45, 7) is 11.3. The van der Waals surface area contributed by atoms with Crippen LogP contribution in [-0.4, -0.2) is 21.0 Å². The summed E-state index contributed by atoms with van der Waals surface area (Å²) in [6.07, 6.45) is 0. The fourth-order valence-corrected chi connectivity index (χ4v) is 3.32. The Balaban J connectivity index is 0.00000154. The van der Waals surface area contributed by atoms with E-state index in [1.807, 2.05) is 40.7 Å². The molecule has 1 aromatic carbocycles. The zero-order chi connectivity index (χ0) is 15.3. The maximum absolute atomic E-state index is 12.2. The number of hydrogen-bond acceptors (Lipinski definition) is 3. The largest absolute Gasteiger partial charge is 0.388 e.